The van der Waals surface area contributed by atoms with Crippen LogP contribution in [-0.2, 0) is 0 Å². The van der Waals surface area contributed by atoms with Crippen molar-refractivity contribution in [3.05, 3.63) is 48.0 Å². The van der Waals surface area contributed by atoms with Crippen LogP contribution in [0.3, 0.4) is 0 Å². The lowest BCUT2D eigenvalue weighted by molar-refractivity contribution is 0.0949. The van der Waals surface area contributed by atoms with E-state index in [1.54, 1.807) is 0 Å². The summed E-state index contributed by atoms with van der Waals surface area (Å²) >= 11 is 0. The number of hydrogen-bond acceptors (Lipinski definition) is 2. The number of hydrogen-bond donors (Lipinski definition) is 2. The maximum Gasteiger partial charge on any atom is 0.251 e. The third-order valence-corrected chi connectivity index (χ3v) is 3.30. The molecule has 0 fully saturated rings. The summed E-state index contributed by atoms with van der Waals surface area (Å²) in [6.07, 6.45) is 0.926. The van der Waals surface area contributed by atoms with Crippen molar-refractivity contribution in [1.29, 1.82) is 0 Å². The van der Waals surface area contributed by atoms with Crippen LogP contribution in [0, 0.1) is 5.92 Å². The summed E-state index contributed by atoms with van der Waals surface area (Å²) in [6, 6.07) is 13.7. The van der Waals surface area contributed by atoms with Crippen LogP contribution in [0.25, 0.3) is 10.8 Å². The van der Waals surface area contributed by atoms with Gasteiger partial charge in [0, 0.05) is 12.1 Å². The van der Waals surface area contributed by atoms with Crippen molar-refractivity contribution >= 4 is 16.7 Å². The first kappa shape index (κ1) is 13.6. The first-order chi connectivity index (χ1) is 9.22. The molecule has 2 aromatic carbocycles. The molecule has 3 heteroatoms. The van der Waals surface area contributed by atoms with Gasteiger partial charge >= 0.3 is 0 Å². The average Bonchev–Trinajstić information content (AvgIpc) is 2.44. The Labute approximate surface area is 113 Å². The predicted molar refractivity (Wildman–Crippen MR) is 79.1 cm³/mol. The van der Waals surface area contributed by atoms with Crippen LogP contribution in [0.1, 0.15) is 23.7 Å². The van der Waals surface area contributed by atoms with Gasteiger partial charge in [0.15, 0.2) is 0 Å². The Kier molecular flexibility index (Phi) is 4.53. The molecular weight excluding hydrogens is 236 g/mol. The molecule has 0 aliphatic rings. The molecule has 2 rings (SSSR count). The van der Waals surface area contributed by atoms with Crippen LogP contribution in [-0.4, -0.2) is 19.0 Å². The maximum absolute atomic E-state index is 12.2. The van der Waals surface area contributed by atoms with E-state index in [4.69, 9.17) is 5.73 Å². The lowest BCUT2D eigenvalue weighted by Crippen LogP contribution is -2.29. The SMILES string of the molecule is CC(CCN)CNC(=O)c1cccc2ccccc12. The summed E-state index contributed by atoms with van der Waals surface area (Å²) in [5.74, 6) is 0.393. The highest BCUT2D eigenvalue weighted by molar-refractivity contribution is 6.06. The van der Waals surface area contributed by atoms with E-state index in [-0.39, 0.29) is 5.91 Å². The second-order valence-corrected chi connectivity index (χ2v) is 4.92. The highest BCUT2D eigenvalue weighted by Gasteiger charge is 2.10. The van der Waals surface area contributed by atoms with Gasteiger partial charge in [0.05, 0.1) is 0 Å². The Balaban J connectivity index is 2.13. The monoisotopic (exact) mass is 256 g/mol. The molecule has 1 unspecified atom stereocenters. The predicted octanol–water partition coefficient (Wildman–Crippen LogP) is 2.55. The Morgan fingerprint density at radius 1 is 1.21 bits per heavy atom. The van der Waals surface area contributed by atoms with Crippen LogP contribution in [0.2, 0.25) is 0 Å². The Bertz CT molecular complexity index is 560. The van der Waals surface area contributed by atoms with Crippen molar-refractivity contribution in [2.45, 2.75) is 13.3 Å². The third kappa shape index (κ3) is 3.32. The number of carbonyl (C=O) groups is 1. The highest BCUT2D eigenvalue weighted by atomic mass is 16.1. The van der Waals surface area contributed by atoms with Crippen LogP contribution < -0.4 is 11.1 Å². The second kappa shape index (κ2) is 6.34. The number of amides is 1. The molecule has 1 amide bonds. The number of rotatable bonds is 5. The molecule has 0 aromatic heterocycles. The van der Waals surface area contributed by atoms with Crippen molar-refractivity contribution in [3.8, 4) is 0 Å². The topological polar surface area (TPSA) is 55.1 Å². The van der Waals surface area contributed by atoms with Crippen LogP contribution in [0.15, 0.2) is 42.5 Å². The van der Waals surface area contributed by atoms with Gasteiger partial charge in [-0.1, -0.05) is 43.3 Å². The molecule has 0 heterocycles. The largest absolute Gasteiger partial charge is 0.352 e. The molecule has 3 nitrogen and oxygen atoms in total. The molecule has 0 aliphatic heterocycles. The number of carbonyl (C=O) groups excluding carboxylic acids is 1. The van der Waals surface area contributed by atoms with Gasteiger partial charge < -0.3 is 11.1 Å². The lowest BCUT2D eigenvalue weighted by atomic mass is 10.0. The second-order valence-electron chi connectivity index (χ2n) is 4.92. The zero-order valence-corrected chi connectivity index (χ0v) is 11.2. The van der Waals surface area contributed by atoms with E-state index in [9.17, 15) is 4.79 Å². The normalized spacial score (nSPS) is 12.3. The Morgan fingerprint density at radius 3 is 2.74 bits per heavy atom. The van der Waals surface area contributed by atoms with Gasteiger partial charge in [0.2, 0.25) is 0 Å². The smallest absolute Gasteiger partial charge is 0.251 e. The first-order valence-corrected chi connectivity index (χ1v) is 6.68. The van der Waals surface area contributed by atoms with Gasteiger partial charge in [0.25, 0.3) is 5.91 Å². The molecule has 0 saturated heterocycles. The van der Waals surface area contributed by atoms with Crippen molar-refractivity contribution in [2.24, 2.45) is 11.7 Å². The minimum absolute atomic E-state index is 0.0133. The minimum Gasteiger partial charge on any atom is -0.352 e. The fourth-order valence-corrected chi connectivity index (χ4v) is 2.17. The molecule has 0 spiro atoms. The summed E-state index contributed by atoms with van der Waals surface area (Å²) < 4.78 is 0. The summed E-state index contributed by atoms with van der Waals surface area (Å²) in [6.45, 7) is 3.42. The number of nitrogens with two attached hydrogens (primary N) is 1. The fraction of sp³-hybridized carbons (Fsp3) is 0.312. The zero-order chi connectivity index (χ0) is 13.7. The van der Waals surface area contributed by atoms with Gasteiger partial charge in [-0.2, -0.15) is 0 Å². The van der Waals surface area contributed by atoms with E-state index in [1.807, 2.05) is 42.5 Å². The fourth-order valence-electron chi connectivity index (χ4n) is 2.17. The lowest BCUT2D eigenvalue weighted by Gasteiger charge is -2.12. The Morgan fingerprint density at radius 2 is 1.95 bits per heavy atom. The summed E-state index contributed by atoms with van der Waals surface area (Å²) in [5, 5.41) is 5.06. The van der Waals surface area contributed by atoms with Crippen molar-refractivity contribution < 1.29 is 4.79 Å². The summed E-state index contributed by atoms with van der Waals surface area (Å²) in [7, 11) is 0. The molecule has 19 heavy (non-hydrogen) atoms. The highest BCUT2D eigenvalue weighted by Crippen LogP contribution is 2.18. The number of fused-ring (bicyclic) bond motifs is 1. The molecular formula is C16H20N2O. The average molecular weight is 256 g/mol. The van der Waals surface area contributed by atoms with E-state index in [0.717, 1.165) is 22.8 Å². The van der Waals surface area contributed by atoms with E-state index in [0.29, 0.717) is 19.0 Å². The molecule has 0 bridgehead atoms. The van der Waals surface area contributed by atoms with Gasteiger partial charge in [-0.3, -0.25) is 4.79 Å². The van der Waals surface area contributed by atoms with E-state index < -0.39 is 0 Å². The van der Waals surface area contributed by atoms with Gasteiger partial charge in [0.1, 0.15) is 0 Å². The van der Waals surface area contributed by atoms with Gasteiger partial charge in [-0.15, -0.1) is 0 Å². The maximum atomic E-state index is 12.2. The molecule has 0 aliphatic carbocycles. The molecule has 100 valence electrons. The van der Waals surface area contributed by atoms with E-state index in [1.165, 1.54) is 0 Å². The van der Waals surface area contributed by atoms with Crippen LogP contribution >= 0.6 is 0 Å². The van der Waals surface area contributed by atoms with E-state index in [2.05, 4.69) is 12.2 Å². The summed E-state index contributed by atoms with van der Waals surface area (Å²) in [5.41, 5.74) is 6.24. The number of benzene rings is 2. The third-order valence-electron chi connectivity index (χ3n) is 3.30. The van der Waals surface area contributed by atoms with Crippen LogP contribution in [0.5, 0.6) is 0 Å². The Hall–Kier alpha value is -1.87. The quantitative estimate of drug-likeness (QED) is 0.863. The molecule has 0 saturated carbocycles. The minimum atomic E-state index is -0.0133. The van der Waals surface area contributed by atoms with Gasteiger partial charge in [-0.25, -0.2) is 0 Å². The van der Waals surface area contributed by atoms with Crippen molar-refractivity contribution in [2.75, 3.05) is 13.1 Å². The molecule has 1 atom stereocenters. The van der Waals surface area contributed by atoms with Gasteiger partial charge in [-0.05, 0) is 35.7 Å². The van der Waals surface area contributed by atoms with Crippen LogP contribution in [0.4, 0.5) is 0 Å². The number of nitrogens with one attached hydrogen (secondary N) is 1. The molecule has 3 N–H and O–H groups in total. The zero-order valence-electron chi connectivity index (χ0n) is 11.2. The molecule has 0 radical (unpaired) electrons. The van der Waals surface area contributed by atoms with E-state index >= 15 is 0 Å². The van der Waals surface area contributed by atoms with Crippen molar-refractivity contribution in [3.63, 3.8) is 0 Å². The first-order valence-electron chi connectivity index (χ1n) is 6.68. The molecule has 2 aromatic rings. The summed E-state index contributed by atoms with van der Waals surface area (Å²) in [4.78, 5) is 12.2. The van der Waals surface area contributed by atoms with Crippen molar-refractivity contribution in [1.82, 2.24) is 5.32 Å². The standard InChI is InChI=1S/C16H20N2O/c1-12(9-10-17)11-18-16(19)15-8-4-6-13-5-2-3-7-14(13)15/h2-8,12H,9-11,17H2,1H3,(H,18,19).